The molecule has 2 N–H and O–H groups in total. The number of benzene rings is 2. The molecule has 0 saturated heterocycles. The Bertz CT molecular complexity index is 1000. The Labute approximate surface area is 168 Å². The van der Waals surface area contributed by atoms with Crippen molar-refractivity contribution in [3.63, 3.8) is 0 Å². The van der Waals surface area contributed by atoms with Crippen molar-refractivity contribution in [1.29, 1.82) is 0 Å². The summed E-state index contributed by atoms with van der Waals surface area (Å²) in [7, 11) is 0. The molecule has 148 valence electrons. The standard InChI is InChI=1S/C22H22N4O3/c23-21(28)17-8-4-10-19-16(17)9-5-13-25(19)22(29)18-11-12-20(27)26(24-18)14-15-6-2-1-3-7-15/h1-4,6-8,10H,5,9,11-14H2,(H2,23,28). The van der Waals surface area contributed by atoms with Crippen LogP contribution in [0.25, 0.3) is 0 Å². The quantitative estimate of drug-likeness (QED) is 0.867. The Balaban J connectivity index is 1.62. The zero-order valence-electron chi connectivity index (χ0n) is 16.0. The maximum Gasteiger partial charge on any atom is 0.274 e. The number of fused-ring (bicyclic) bond motifs is 1. The van der Waals surface area contributed by atoms with Crippen molar-refractivity contribution >= 4 is 29.1 Å². The molecule has 2 aliphatic rings. The van der Waals surface area contributed by atoms with Crippen LogP contribution in [0.1, 0.15) is 40.7 Å². The van der Waals surface area contributed by atoms with E-state index in [-0.39, 0.29) is 18.2 Å². The second-order valence-corrected chi connectivity index (χ2v) is 7.21. The van der Waals surface area contributed by atoms with Crippen molar-refractivity contribution in [3.05, 3.63) is 65.2 Å². The number of hydrogen-bond acceptors (Lipinski definition) is 4. The van der Waals surface area contributed by atoms with E-state index in [0.717, 1.165) is 17.5 Å². The van der Waals surface area contributed by atoms with Gasteiger partial charge in [0.05, 0.1) is 6.54 Å². The van der Waals surface area contributed by atoms with Crippen LogP contribution in [0, 0.1) is 0 Å². The van der Waals surface area contributed by atoms with Crippen molar-refractivity contribution in [2.45, 2.75) is 32.2 Å². The highest BCUT2D eigenvalue weighted by molar-refractivity contribution is 6.44. The molecular weight excluding hydrogens is 368 g/mol. The first-order chi connectivity index (χ1) is 14.0. The fourth-order valence-electron chi connectivity index (χ4n) is 3.86. The molecule has 0 spiro atoms. The van der Waals surface area contributed by atoms with Crippen molar-refractivity contribution < 1.29 is 14.4 Å². The smallest absolute Gasteiger partial charge is 0.274 e. The van der Waals surface area contributed by atoms with E-state index in [1.54, 1.807) is 17.0 Å². The minimum absolute atomic E-state index is 0.0968. The van der Waals surface area contributed by atoms with Gasteiger partial charge in [-0.05, 0) is 36.1 Å². The number of hydrogen-bond donors (Lipinski definition) is 1. The number of hydrazone groups is 1. The van der Waals surface area contributed by atoms with E-state index in [0.29, 0.717) is 42.9 Å². The fourth-order valence-corrected chi connectivity index (χ4v) is 3.86. The normalized spacial score (nSPS) is 16.3. The summed E-state index contributed by atoms with van der Waals surface area (Å²) in [5.74, 6) is -0.815. The number of anilines is 1. The Morgan fingerprint density at radius 3 is 2.55 bits per heavy atom. The first kappa shape index (κ1) is 18.9. The van der Waals surface area contributed by atoms with Crippen molar-refractivity contribution in [2.24, 2.45) is 10.8 Å². The third-order valence-electron chi connectivity index (χ3n) is 5.29. The minimum atomic E-state index is -0.495. The monoisotopic (exact) mass is 390 g/mol. The maximum atomic E-state index is 13.2. The van der Waals surface area contributed by atoms with Crippen LogP contribution in [0.3, 0.4) is 0 Å². The van der Waals surface area contributed by atoms with E-state index < -0.39 is 5.91 Å². The van der Waals surface area contributed by atoms with Gasteiger partial charge in [0, 0.05) is 30.6 Å². The van der Waals surface area contributed by atoms with Gasteiger partial charge in [-0.25, -0.2) is 5.01 Å². The lowest BCUT2D eigenvalue weighted by atomic mass is 9.95. The molecule has 0 atom stereocenters. The van der Waals surface area contributed by atoms with Gasteiger partial charge in [0.1, 0.15) is 5.71 Å². The first-order valence-corrected chi connectivity index (χ1v) is 9.70. The van der Waals surface area contributed by atoms with Crippen LogP contribution in [0.15, 0.2) is 53.6 Å². The van der Waals surface area contributed by atoms with Crippen LogP contribution >= 0.6 is 0 Å². The van der Waals surface area contributed by atoms with Gasteiger partial charge in [-0.1, -0.05) is 36.4 Å². The van der Waals surface area contributed by atoms with Crippen LogP contribution in [0.4, 0.5) is 5.69 Å². The van der Waals surface area contributed by atoms with E-state index >= 15 is 0 Å². The summed E-state index contributed by atoms with van der Waals surface area (Å²) in [6.07, 6.45) is 2.00. The molecule has 7 heteroatoms. The van der Waals surface area contributed by atoms with Gasteiger partial charge in [0.25, 0.3) is 5.91 Å². The minimum Gasteiger partial charge on any atom is -0.366 e. The molecule has 0 radical (unpaired) electrons. The number of carbonyl (C=O) groups is 3. The van der Waals surface area contributed by atoms with E-state index in [9.17, 15) is 14.4 Å². The third-order valence-corrected chi connectivity index (χ3v) is 5.29. The van der Waals surface area contributed by atoms with E-state index in [1.165, 1.54) is 5.01 Å². The summed E-state index contributed by atoms with van der Waals surface area (Å²) in [4.78, 5) is 39.0. The molecule has 0 aliphatic carbocycles. The number of rotatable bonds is 4. The molecule has 2 aromatic carbocycles. The predicted octanol–water partition coefficient (Wildman–Crippen LogP) is 2.24. The predicted molar refractivity (Wildman–Crippen MR) is 109 cm³/mol. The average molecular weight is 390 g/mol. The summed E-state index contributed by atoms with van der Waals surface area (Å²) in [6, 6.07) is 14.8. The number of nitrogens with two attached hydrogens (primary N) is 1. The van der Waals surface area contributed by atoms with Crippen LogP contribution in [0.5, 0.6) is 0 Å². The Morgan fingerprint density at radius 1 is 1.00 bits per heavy atom. The molecule has 29 heavy (non-hydrogen) atoms. The van der Waals surface area contributed by atoms with Crippen LogP contribution in [0.2, 0.25) is 0 Å². The second-order valence-electron chi connectivity index (χ2n) is 7.21. The molecule has 4 rings (SSSR count). The van der Waals surface area contributed by atoms with Gasteiger partial charge in [-0.15, -0.1) is 0 Å². The zero-order valence-corrected chi connectivity index (χ0v) is 16.0. The first-order valence-electron chi connectivity index (χ1n) is 9.70. The topological polar surface area (TPSA) is 96.1 Å². The van der Waals surface area contributed by atoms with Crippen molar-refractivity contribution in [2.75, 3.05) is 11.4 Å². The zero-order chi connectivity index (χ0) is 20.4. The molecule has 2 heterocycles. The largest absolute Gasteiger partial charge is 0.366 e. The average Bonchev–Trinajstić information content (AvgIpc) is 2.74. The highest BCUT2D eigenvalue weighted by atomic mass is 16.2. The van der Waals surface area contributed by atoms with Crippen molar-refractivity contribution in [1.82, 2.24) is 5.01 Å². The van der Waals surface area contributed by atoms with Gasteiger partial charge < -0.3 is 10.6 Å². The molecule has 0 bridgehead atoms. The Hall–Kier alpha value is -3.48. The lowest BCUT2D eigenvalue weighted by Crippen LogP contribution is -2.43. The van der Waals surface area contributed by atoms with Gasteiger partial charge in [0.15, 0.2) is 0 Å². The summed E-state index contributed by atoms with van der Waals surface area (Å²) in [5, 5.41) is 5.75. The Kier molecular flexibility index (Phi) is 5.12. The van der Waals surface area contributed by atoms with Gasteiger partial charge in [0.2, 0.25) is 11.8 Å². The number of nitrogens with zero attached hydrogens (tertiary/aromatic N) is 3. The number of carbonyl (C=O) groups excluding carboxylic acids is 3. The number of primary amides is 1. The molecule has 2 aromatic rings. The highest BCUT2D eigenvalue weighted by Gasteiger charge is 2.31. The summed E-state index contributed by atoms with van der Waals surface area (Å²) < 4.78 is 0. The molecule has 3 amide bonds. The summed E-state index contributed by atoms with van der Waals surface area (Å²) >= 11 is 0. The molecule has 0 saturated carbocycles. The van der Waals surface area contributed by atoms with E-state index in [4.69, 9.17) is 5.73 Å². The van der Waals surface area contributed by atoms with Gasteiger partial charge >= 0.3 is 0 Å². The summed E-state index contributed by atoms with van der Waals surface area (Å²) in [6.45, 7) is 0.874. The van der Waals surface area contributed by atoms with Crippen molar-refractivity contribution in [3.8, 4) is 0 Å². The highest BCUT2D eigenvalue weighted by Crippen LogP contribution is 2.30. The van der Waals surface area contributed by atoms with Crippen LogP contribution < -0.4 is 10.6 Å². The lowest BCUT2D eigenvalue weighted by Gasteiger charge is -2.32. The van der Waals surface area contributed by atoms with Gasteiger partial charge in [-0.2, -0.15) is 5.10 Å². The second kappa shape index (κ2) is 7.87. The maximum absolute atomic E-state index is 13.2. The fraction of sp³-hybridized carbons (Fsp3) is 0.273. The van der Waals surface area contributed by atoms with E-state index in [2.05, 4.69) is 5.10 Å². The number of amides is 3. The molecule has 7 nitrogen and oxygen atoms in total. The molecule has 2 aliphatic heterocycles. The Morgan fingerprint density at radius 2 is 1.79 bits per heavy atom. The van der Waals surface area contributed by atoms with Gasteiger partial charge in [-0.3, -0.25) is 14.4 Å². The third kappa shape index (κ3) is 3.76. The molecule has 0 unspecified atom stereocenters. The van der Waals surface area contributed by atoms with E-state index in [1.807, 2.05) is 36.4 Å². The summed E-state index contributed by atoms with van der Waals surface area (Å²) in [5.41, 5.74) is 8.76. The van der Waals surface area contributed by atoms with Crippen LogP contribution in [-0.2, 0) is 22.6 Å². The lowest BCUT2D eigenvalue weighted by molar-refractivity contribution is -0.132. The van der Waals surface area contributed by atoms with Crippen LogP contribution in [-0.4, -0.2) is 35.0 Å². The molecule has 0 fully saturated rings. The SMILES string of the molecule is NC(=O)c1cccc2c1CCCN2C(=O)C1=NN(Cc2ccccc2)C(=O)CC1. The molecule has 0 aromatic heterocycles. The molecular formula is C22H22N4O3.